The van der Waals surface area contributed by atoms with E-state index in [1.54, 1.807) is 4.90 Å². The number of carbonyl (C=O) groups is 1. The van der Waals surface area contributed by atoms with Crippen LogP contribution >= 0.6 is 0 Å². The average Bonchev–Trinajstić information content (AvgIpc) is 2.55. The molecule has 0 aliphatic carbocycles. The second kappa shape index (κ2) is 5.11. The van der Waals surface area contributed by atoms with Gasteiger partial charge in [0.15, 0.2) is 0 Å². The maximum absolute atomic E-state index is 11.3. The molecule has 1 rings (SSSR count). The summed E-state index contributed by atoms with van der Waals surface area (Å²) in [6.45, 7) is 2.90. The van der Waals surface area contributed by atoms with E-state index in [0.717, 1.165) is 0 Å². The van der Waals surface area contributed by atoms with Crippen molar-refractivity contribution in [2.45, 2.75) is 13.3 Å². The van der Waals surface area contributed by atoms with Crippen LogP contribution in [-0.4, -0.2) is 39.6 Å². The van der Waals surface area contributed by atoms with Crippen LogP contribution in [0.1, 0.15) is 13.3 Å². The lowest BCUT2D eigenvalue weighted by atomic mass is 10.1. The monoisotopic (exact) mass is 214 g/mol. The van der Waals surface area contributed by atoms with Gasteiger partial charge in [-0.05, 0) is 0 Å². The predicted octanol–water partition coefficient (Wildman–Crippen LogP) is 0.127. The van der Waals surface area contributed by atoms with Gasteiger partial charge in [0.2, 0.25) is 5.91 Å². The number of likely N-dealkylation sites (tertiary alicyclic amines) is 1. The Morgan fingerprint density at radius 1 is 1.71 bits per heavy atom. The minimum atomic E-state index is -0.828. The molecule has 2 atom stereocenters. The molecule has 0 bridgehead atoms. The fraction of sp³-hybridized carbons (Fsp3) is 0.778. The van der Waals surface area contributed by atoms with Crippen LogP contribution in [0.5, 0.6) is 0 Å². The Balaban J connectivity index is 2.36. The van der Waals surface area contributed by atoms with Crippen LogP contribution in [0.2, 0.25) is 0 Å². The van der Waals surface area contributed by atoms with Crippen LogP contribution in [0.15, 0.2) is 0 Å². The lowest BCUT2D eigenvalue weighted by Gasteiger charge is -2.14. The van der Waals surface area contributed by atoms with Gasteiger partial charge in [-0.25, -0.2) is 0 Å². The van der Waals surface area contributed by atoms with Crippen molar-refractivity contribution in [2.75, 3.05) is 24.6 Å². The Hall–Kier alpha value is -0.890. The summed E-state index contributed by atoms with van der Waals surface area (Å²) in [4.78, 5) is 13.0. The Labute approximate surface area is 86.3 Å². The van der Waals surface area contributed by atoms with Gasteiger partial charge < -0.3 is 4.90 Å². The summed E-state index contributed by atoms with van der Waals surface area (Å²) in [7, 11) is -0.828. The molecule has 0 aromatic rings. The molecule has 1 fully saturated rings. The van der Waals surface area contributed by atoms with Crippen molar-refractivity contribution in [2.24, 2.45) is 5.92 Å². The molecule has 5 heteroatoms. The third kappa shape index (κ3) is 2.81. The first kappa shape index (κ1) is 11.2. The molecule has 2 unspecified atom stereocenters. The van der Waals surface area contributed by atoms with Gasteiger partial charge in [-0.2, -0.15) is 5.26 Å². The number of rotatable bonds is 4. The molecule has 1 aliphatic heterocycles. The standard InChI is InChI=1S/C9H14N2O2S/c1-2-14(13)4-3-11-7-8(6-10)5-9(11)12/h8H,2-5,7H2,1H3. The highest BCUT2D eigenvalue weighted by molar-refractivity contribution is 7.84. The SMILES string of the molecule is CCS(=O)CCN1CC(C#N)CC1=O. The van der Waals surface area contributed by atoms with Crippen molar-refractivity contribution < 1.29 is 9.00 Å². The number of nitriles is 1. The molecule has 0 aromatic carbocycles. The summed E-state index contributed by atoms with van der Waals surface area (Å²) in [6.07, 6.45) is 0.329. The van der Waals surface area contributed by atoms with Crippen LogP contribution in [0.3, 0.4) is 0 Å². The molecular formula is C9H14N2O2S. The van der Waals surface area contributed by atoms with Crippen molar-refractivity contribution in [1.29, 1.82) is 5.26 Å². The van der Waals surface area contributed by atoms with Crippen LogP contribution in [-0.2, 0) is 15.6 Å². The largest absolute Gasteiger partial charge is 0.340 e. The number of hydrogen-bond acceptors (Lipinski definition) is 3. The zero-order chi connectivity index (χ0) is 10.6. The highest BCUT2D eigenvalue weighted by atomic mass is 32.2. The van der Waals surface area contributed by atoms with E-state index < -0.39 is 10.8 Å². The molecular weight excluding hydrogens is 200 g/mol. The van der Waals surface area contributed by atoms with Gasteiger partial charge in [0.05, 0.1) is 12.0 Å². The second-order valence-corrected chi connectivity index (χ2v) is 5.17. The van der Waals surface area contributed by atoms with E-state index in [9.17, 15) is 9.00 Å². The van der Waals surface area contributed by atoms with Crippen molar-refractivity contribution in [3.8, 4) is 6.07 Å². The zero-order valence-electron chi connectivity index (χ0n) is 8.23. The number of nitrogens with zero attached hydrogens (tertiary/aromatic N) is 2. The molecule has 0 aromatic heterocycles. The van der Waals surface area contributed by atoms with Gasteiger partial charge in [-0.3, -0.25) is 9.00 Å². The summed E-state index contributed by atoms with van der Waals surface area (Å²) in [6, 6.07) is 2.09. The van der Waals surface area contributed by atoms with Gasteiger partial charge >= 0.3 is 0 Å². The quantitative estimate of drug-likeness (QED) is 0.668. The van der Waals surface area contributed by atoms with Gasteiger partial charge in [0.25, 0.3) is 0 Å². The minimum absolute atomic E-state index is 0.0182. The maximum atomic E-state index is 11.3. The first-order valence-electron chi connectivity index (χ1n) is 4.69. The Bertz CT molecular complexity index is 285. The average molecular weight is 214 g/mol. The van der Waals surface area contributed by atoms with E-state index in [1.807, 2.05) is 6.92 Å². The van der Waals surface area contributed by atoms with Crippen LogP contribution in [0, 0.1) is 17.2 Å². The molecule has 1 amide bonds. The minimum Gasteiger partial charge on any atom is -0.340 e. The Morgan fingerprint density at radius 3 is 2.93 bits per heavy atom. The molecule has 1 aliphatic rings. The molecule has 1 saturated heterocycles. The number of amides is 1. The summed E-state index contributed by atoms with van der Waals surface area (Å²) in [5.41, 5.74) is 0. The number of carbonyl (C=O) groups excluding carboxylic acids is 1. The van der Waals surface area contributed by atoms with Gasteiger partial charge in [-0.1, -0.05) is 6.92 Å². The van der Waals surface area contributed by atoms with E-state index in [0.29, 0.717) is 31.0 Å². The van der Waals surface area contributed by atoms with E-state index in [2.05, 4.69) is 6.07 Å². The molecule has 0 radical (unpaired) electrons. The van der Waals surface area contributed by atoms with E-state index in [1.165, 1.54) is 0 Å². The lowest BCUT2D eigenvalue weighted by molar-refractivity contribution is -0.127. The smallest absolute Gasteiger partial charge is 0.224 e. The van der Waals surface area contributed by atoms with Gasteiger partial charge in [0.1, 0.15) is 0 Å². The second-order valence-electron chi connectivity index (χ2n) is 3.30. The van der Waals surface area contributed by atoms with E-state index in [-0.39, 0.29) is 11.8 Å². The molecule has 1 heterocycles. The van der Waals surface area contributed by atoms with Crippen LogP contribution in [0.25, 0.3) is 0 Å². The van der Waals surface area contributed by atoms with Crippen LogP contribution in [0.4, 0.5) is 0 Å². The highest BCUT2D eigenvalue weighted by Crippen LogP contribution is 2.16. The van der Waals surface area contributed by atoms with E-state index >= 15 is 0 Å². The normalized spacial score (nSPS) is 23.6. The predicted molar refractivity (Wildman–Crippen MR) is 53.9 cm³/mol. The maximum Gasteiger partial charge on any atom is 0.224 e. The lowest BCUT2D eigenvalue weighted by Crippen LogP contribution is -2.29. The molecule has 4 nitrogen and oxygen atoms in total. The zero-order valence-corrected chi connectivity index (χ0v) is 9.05. The van der Waals surface area contributed by atoms with Crippen molar-refractivity contribution >= 4 is 16.7 Å². The number of hydrogen-bond donors (Lipinski definition) is 0. The fourth-order valence-electron chi connectivity index (χ4n) is 1.43. The molecule has 78 valence electrons. The first-order valence-corrected chi connectivity index (χ1v) is 6.18. The third-order valence-corrected chi connectivity index (χ3v) is 3.59. The third-order valence-electron chi connectivity index (χ3n) is 2.31. The first-order chi connectivity index (χ1) is 6.67. The van der Waals surface area contributed by atoms with Crippen molar-refractivity contribution in [3.63, 3.8) is 0 Å². The van der Waals surface area contributed by atoms with Gasteiger partial charge in [-0.15, -0.1) is 0 Å². The van der Waals surface area contributed by atoms with Crippen molar-refractivity contribution in [1.82, 2.24) is 4.90 Å². The fourth-order valence-corrected chi connectivity index (χ4v) is 2.14. The van der Waals surface area contributed by atoms with Crippen molar-refractivity contribution in [3.05, 3.63) is 0 Å². The Morgan fingerprint density at radius 2 is 2.43 bits per heavy atom. The summed E-state index contributed by atoms with van der Waals surface area (Å²) < 4.78 is 11.1. The van der Waals surface area contributed by atoms with Crippen LogP contribution < -0.4 is 0 Å². The molecule has 14 heavy (non-hydrogen) atoms. The Kier molecular flexibility index (Phi) is 4.08. The summed E-state index contributed by atoms with van der Waals surface area (Å²) in [5, 5.41) is 8.64. The molecule has 0 spiro atoms. The topological polar surface area (TPSA) is 61.2 Å². The summed E-state index contributed by atoms with van der Waals surface area (Å²) >= 11 is 0. The highest BCUT2D eigenvalue weighted by Gasteiger charge is 2.28. The summed E-state index contributed by atoms with van der Waals surface area (Å²) in [5.74, 6) is 1.01. The van der Waals surface area contributed by atoms with E-state index in [4.69, 9.17) is 5.26 Å². The molecule has 0 N–H and O–H groups in total. The van der Waals surface area contributed by atoms with Gasteiger partial charge in [0, 0.05) is 41.8 Å². The molecule has 0 saturated carbocycles.